The zero-order valence-electron chi connectivity index (χ0n) is 103. The van der Waals surface area contributed by atoms with Gasteiger partial charge in [-0.25, -0.2) is 19.2 Å². The van der Waals surface area contributed by atoms with Crippen molar-refractivity contribution in [2.24, 2.45) is 96.9 Å². The number of nitrogens with zero attached hydrogens (tertiary/aromatic N) is 2. The van der Waals surface area contributed by atoms with E-state index in [0.717, 1.165) is 49.5 Å². The van der Waals surface area contributed by atoms with Crippen LogP contribution in [-0.2, 0) is 96.0 Å². The highest BCUT2D eigenvalue weighted by atomic mass is 32.2. The summed E-state index contributed by atoms with van der Waals surface area (Å²) in [5.41, 5.74) is 7.40. The number of unbranched alkanes of at least 4 members (excludes halogenated alkanes) is 1. The summed E-state index contributed by atoms with van der Waals surface area (Å²) < 4.78 is 52.0. The second-order valence-corrected chi connectivity index (χ2v) is 52.7. The number of carbonyl (C=O) groups is 14. The number of amides is 7. The monoisotopic (exact) mass is 2140 g/mol. The van der Waals surface area contributed by atoms with Gasteiger partial charge in [0.15, 0.2) is 5.78 Å². The Labute approximate surface area is 909 Å². The van der Waals surface area contributed by atoms with E-state index >= 15 is 0 Å². The molecule has 1 atom stereocenters. The number of alkyl carbamates (subject to hydrolysis) is 3. The van der Waals surface area contributed by atoms with Crippen LogP contribution in [0, 0.1) is 105 Å². The molecule has 1 aromatic rings. The Morgan fingerprint density at radius 3 is 1.17 bits per heavy atom. The number of nitrogens with one attached hydrogen (secondary N) is 5. The Morgan fingerprint density at radius 2 is 0.772 bits per heavy atom. The van der Waals surface area contributed by atoms with Crippen LogP contribution in [-0.4, -0.2) is 241 Å². The molecule has 7 amide bonds. The minimum Gasteiger partial charge on any atom is -0.493 e. The van der Waals surface area contributed by atoms with Crippen LogP contribution in [0.25, 0.3) is 0 Å². The van der Waals surface area contributed by atoms with Crippen molar-refractivity contribution in [1.82, 2.24) is 36.4 Å². The largest absolute Gasteiger partial charge is 0.493 e. The number of hydrogen-bond donors (Lipinski definition) is 6. The van der Waals surface area contributed by atoms with Crippen LogP contribution in [0.15, 0.2) is 12.1 Å². The molecule has 32 nitrogen and oxygen atoms in total. The van der Waals surface area contributed by atoms with E-state index in [9.17, 15) is 67.1 Å². The summed E-state index contributed by atoms with van der Waals surface area (Å²) >= 11 is 1.93. The molecule has 0 spiro atoms. The zero-order valence-corrected chi connectivity index (χ0v) is 104. The van der Waals surface area contributed by atoms with Crippen LogP contribution in [0.1, 0.15) is 386 Å². The van der Waals surface area contributed by atoms with Crippen molar-refractivity contribution in [3.05, 3.63) is 28.8 Å². The number of Topliss-reactive ketones (excluding diaryl/α,β-unsaturated/α-hetero) is 3. The maximum atomic E-state index is 12.4. The minimum atomic E-state index is -1.19. The van der Waals surface area contributed by atoms with Crippen LogP contribution < -0.4 is 37.1 Å². The standard InChI is InChI=1S/C21H34O2.C19H37N3O4.C17H32N2O4.C14H28N2O3.C13H25NO4.C12H24O3.C12H24O2S.C8H16O2/c1-14(2)17(22)12-21(8,9)19-16(4)10-15(3)11-18(19)23-13-20(5,6)7;1-14(2)16(23)10-8-12-21-17(24)15(20)9-6-7-11-22-18(25)26-13-19(3,4)5;1-11(2)12(20)16(6,7)18-13(21)17(8,9)19-14(22)23-10-15(3,4)5;1-11(2)12(17)15(6)8-9-16(7)13(18)19-10-14(3,4)5;1-10(2)11(15)17-8-6-7-14-12(16)18-9-13(3,4)5;1-10(2)11(13)15-8-6-7-14-9-12(3,4)5;1-10(2)11(13)14-7-6-8-15-9-12(3,4)5;1-6(2)5-10-8(9)7(3)4/h10-11,14H,12-13H2,1-9H3;14-15H,6-13,20H2,1-5H3,(H,21,24)(H,22,25);11H,10H2,1-9H3,(H,18,21)(H,19,22);11H,8-10H2,1-7H3;10H,6-9H2,1-5H3,(H,14,16);2*10H,6-9H2,1-5H3;6-7H,5H2,1-4H3. The third-order valence-corrected chi connectivity index (χ3v) is 21.5. The first-order valence-corrected chi connectivity index (χ1v) is 55.0. The summed E-state index contributed by atoms with van der Waals surface area (Å²) in [6, 6.07) is 3.72. The summed E-state index contributed by atoms with van der Waals surface area (Å²) in [5, 5.41) is 13.3. The van der Waals surface area contributed by atoms with E-state index in [2.05, 4.69) is 129 Å². The number of ketones is 3. The molecular formula is C116H220N8O24S. The number of rotatable bonds is 50. The molecule has 0 heterocycles. The maximum Gasteiger partial charge on any atom is 0.409 e. The molecule has 0 bridgehead atoms. The molecule has 1 aromatic carbocycles. The lowest BCUT2D eigenvalue weighted by Gasteiger charge is -2.32. The molecular weight excluding hydrogens is 1920 g/mol. The SMILES string of the molecule is CC(C)C(=O)C(C)(C)NC(=O)C(C)(C)NC(=O)OCC(C)(C)C.CC(C)C(=O)CCCNC(=O)C(N)CCCCNC(=O)OCC(C)(C)C.CC(C)C(=O)N(C)CCN(C)C(=O)OCC(C)(C)C.CC(C)C(=O)OCCCNC(=O)OCC(C)(C)C.CC(C)C(=O)OCCCOCC(C)(C)C.CC(C)C(=O)OCCCSCC(C)(C)C.CC(C)COC(=O)C(C)C.Cc1cc(C)c(C(C)(C)CC(=O)C(C)C)c(OCC(C)(C)C)c1. The molecule has 7 N–H and O–H groups in total. The van der Waals surface area contributed by atoms with Crippen molar-refractivity contribution in [2.45, 2.75) is 406 Å². The fourth-order valence-corrected chi connectivity index (χ4v) is 12.3. The van der Waals surface area contributed by atoms with Crippen LogP contribution >= 0.6 is 11.8 Å². The van der Waals surface area contributed by atoms with E-state index in [4.69, 9.17) is 53.1 Å². The topological polar surface area (TPSA) is 424 Å². The first-order valence-electron chi connectivity index (χ1n) is 53.8. The van der Waals surface area contributed by atoms with E-state index in [1.165, 1.54) is 21.6 Å². The molecule has 1 unspecified atom stereocenters. The first kappa shape index (κ1) is 154. The summed E-state index contributed by atoms with van der Waals surface area (Å²) in [6.45, 7) is 99.7. The molecule has 0 radical (unpaired) electrons. The van der Waals surface area contributed by atoms with Gasteiger partial charge in [0, 0.05) is 107 Å². The Balaban J connectivity index is -0.000000313. The molecule has 0 saturated carbocycles. The second kappa shape index (κ2) is 77.1. The fraction of sp³-hybridized carbons (Fsp3) is 0.828. The lowest BCUT2D eigenvalue weighted by atomic mass is 9.76. The van der Waals surface area contributed by atoms with Gasteiger partial charge in [0.1, 0.15) is 22.9 Å². The van der Waals surface area contributed by atoms with E-state index in [0.29, 0.717) is 141 Å². The van der Waals surface area contributed by atoms with E-state index in [1.54, 1.807) is 74.4 Å². The average molecular weight is 2140 g/mol. The number of benzene rings is 1. The molecule has 0 fully saturated rings. The summed E-state index contributed by atoms with van der Waals surface area (Å²) in [7, 11) is 3.43. The fourth-order valence-electron chi connectivity index (χ4n) is 11.3. The van der Waals surface area contributed by atoms with Crippen molar-refractivity contribution in [2.75, 3.05) is 131 Å². The lowest BCUT2D eigenvalue weighted by Crippen LogP contribution is -2.61. The normalized spacial score (nSPS) is 12.0. The van der Waals surface area contributed by atoms with Crippen LogP contribution in [0.5, 0.6) is 5.75 Å². The lowest BCUT2D eigenvalue weighted by molar-refractivity contribution is -0.149. The van der Waals surface area contributed by atoms with Gasteiger partial charge in [0.25, 0.3) is 0 Å². The summed E-state index contributed by atoms with van der Waals surface area (Å²) in [4.78, 5) is 165. The third kappa shape index (κ3) is 94.2. The first-order chi connectivity index (χ1) is 67.4. The number of carbonyl (C=O) groups excluding carboxylic acids is 14. The van der Waals surface area contributed by atoms with Crippen molar-refractivity contribution >= 4 is 95.1 Å². The highest BCUT2D eigenvalue weighted by Gasteiger charge is 2.39. The molecule has 0 aliphatic heterocycles. The van der Waals surface area contributed by atoms with E-state index in [1.807, 2.05) is 192 Å². The maximum absolute atomic E-state index is 12.4. The minimum absolute atomic E-state index is 0.00116. The molecule has 0 saturated heterocycles. The number of aryl methyl sites for hydroxylation is 2. The van der Waals surface area contributed by atoms with Crippen LogP contribution in [0.2, 0.25) is 0 Å². The molecule has 0 aliphatic rings. The molecule has 874 valence electrons. The third-order valence-electron chi connectivity index (χ3n) is 19.9. The van der Waals surface area contributed by atoms with Crippen molar-refractivity contribution < 1.29 is 114 Å². The predicted octanol–water partition coefficient (Wildman–Crippen LogP) is 23.1. The van der Waals surface area contributed by atoms with Gasteiger partial charge < -0.3 is 89.5 Å². The summed E-state index contributed by atoms with van der Waals surface area (Å²) in [5.74, 6) is 2.65. The summed E-state index contributed by atoms with van der Waals surface area (Å²) in [6.07, 6.45) is 4.13. The highest BCUT2D eigenvalue weighted by molar-refractivity contribution is 7.99. The van der Waals surface area contributed by atoms with E-state index in [-0.39, 0.29) is 145 Å². The molecule has 0 aromatic heterocycles. The quantitative estimate of drug-likeness (QED) is 0.0200. The van der Waals surface area contributed by atoms with Gasteiger partial charge in [-0.15, -0.1) is 0 Å². The van der Waals surface area contributed by atoms with Gasteiger partial charge >= 0.3 is 48.3 Å². The number of nitrogens with two attached hydrogens (primary N) is 1. The smallest absolute Gasteiger partial charge is 0.409 e. The Hall–Kier alpha value is -8.33. The molecule has 1 rings (SSSR count). The second-order valence-electron chi connectivity index (χ2n) is 51.6. The Morgan fingerprint density at radius 1 is 0.376 bits per heavy atom. The van der Waals surface area contributed by atoms with Crippen LogP contribution in [0.3, 0.4) is 0 Å². The van der Waals surface area contributed by atoms with Crippen molar-refractivity contribution in [3.63, 3.8) is 0 Å². The van der Waals surface area contributed by atoms with Gasteiger partial charge in [-0.1, -0.05) is 290 Å². The zero-order chi connectivity index (χ0) is 118. The number of likely N-dealkylation sites (N-methyl/N-ethyl adjacent to an activating group) is 2. The van der Waals surface area contributed by atoms with Crippen LogP contribution in [0.4, 0.5) is 19.2 Å². The molecule has 149 heavy (non-hydrogen) atoms. The number of esters is 4. The number of thioether (sulfide) groups is 1. The van der Waals surface area contributed by atoms with Crippen molar-refractivity contribution in [3.8, 4) is 5.75 Å². The Bertz CT molecular complexity index is 3930. The van der Waals surface area contributed by atoms with Gasteiger partial charge in [-0.2, -0.15) is 11.8 Å². The van der Waals surface area contributed by atoms with Gasteiger partial charge in [-0.3, -0.25) is 47.9 Å². The molecule has 0 aliphatic carbocycles. The average Bonchev–Trinajstić information content (AvgIpc) is 0.843. The number of ether oxygens (including phenoxy) is 10. The Kier molecular flexibility index (Phi) is 79.4. The number of hydrogen-bond acceptors (Lipinski definition) is 26. The molecule has 33 heteroatoms. The van der Waals surface area contributed by atoms with Gasteiger partial charge in [-0.05, 0) is 153 Å². The predicted molar refractivity (Wildman–Crippen MR) is 605 cm³/mol. The van der Waals surface area contributed by atoms with Crippen molar-refractivity contribution in [1.29, 1.82) is 0 Å². The van der Waals surface area contributed by atoms with E-state index < -0.39 is 41.3 Å². The van der Waals surface area contributed by atoms with Gasteiger partial charge in [0.05, 0.1) is 101 Å². The van der Waals surface area contributed by atoms with Gasteiger partial charge in [0.2, 0.25) is 17.7 Å². The highest BCUT2D eigenvalue weighted by Crippen LogP contribution is 2.40.